The van der Waals surface area contributed by atoms with E-state index >= 15 is 0 Å². The van der Waals surface area contributed by atoms with Crippen LogP contribution in [-0.2, 0) is 9.53 Å². The van der Waals surface area contributed by atoms with Gasteiger partial charge in [0, 0.05) is 31.1 Å². The van der Waals surface area contributed by atoms with Crippen LogP contribution in [0.2, 0.25) is 0 Å². The van der Waals surface area contributed by atoms with E-state index in [-0.39, 0.29) is 11.4 Å². The normalized spacial score (nSPS) is 11.0. The Kier molecular flexibility index (Phi) is 7.22. The third kappa shape index (κ3) is 7.53. The van der Waals surface area contributed by atoms with Crippen LogP contribution in [0, 0.1) is 5.41 Å². The van der Waals surface area contributed by atoms with E-state index in [4.69, 9.17) is 4.74 Å². The van der Waals surface area contributed by atoms with E-state index in [0.717, 1.165) is 19.6 Å². The van der Waals surface area contributed by atoms with Crippen LogP contribution in [0.15, 0.2) is 38.0 Å². The molecule has 0 aliphatic carbocycles. The standard InChI is InChI=1S/C14H23NO2/c1-6-9-15(10-7-2)11-14(4,5)12-17-13(16)8-3/h6-8H,1-3,9-12H2,4-5H3. The van der Waals surface area contributed by atoms with Crippen molar-refractivity contribution in [2.24, 2.45) is 5.41 Å². The average molecular weight is 237 g/mol. The third-order valence-corrected chi connectivity index (χ3v) is 2.20. The zero-order valence-corrected chi connectivity index (χ0v) is 10.9. The molecule has 0 bridgehead atoms. The van der Waals surface area contributed by atoms with Crippen LogP contribution >= 0.6 is 0 Å². The van der Waals surface area contributed by atoms with E-state index in [1.54, 1.807) is 0 Å². The summed E-state index contributed by atoms with van der Waals surface area (Å²) in [5.41, 5.74) is -0.106. The molecular formula is C14H23NO2. The molecule has 0 N–H and O–H groups in total. The van der Waals surface area contributed by atoms with E-state index in [2.05, 4.69) is 38.5 Å². The van der Waals surface area contributed by atoms with Gasteiger partial charge in [-0.1, -0.05) is 32.6 Å². The number of esters is 1. The van der Waals surface area contributed by atoms with Crippen molar-refractivity contribution in [1.29, 1.82) is 0 Å². The van der Waals surface area contributed by atoms with Gasteiger partial charge in [-0.25, -0.2) is 4.79 Å². The smallest absolute Gasteiger partial charge is 0.330 e. The Labute approximate surface area is 104 Å². The number of hydrogen-bond acceptors (Lipinski definition) is 3. The summed E-state index contributed by atoms with van der Waals surface area (Å²) in [5, 5.41) is 0. The monoisotopic (exact) mass is 237 g/mol. The fourth-order valence-corrected chi connectivity index (χ4v) is 1.55. The number of hydrogen-bond donors (Lipinski definition) is 0. The molecule has 0 heterocycles. The predicted molar refractivity (Wildman–Crippen MR) is 71.8 cm³/mol. The van der Waals surface area contributed by atoms with Crippen molar-refractivity contribution in [2.75, 3.05) is 26.2 Å². The highest BCUT2D eigenvalue weighted by Gasteiger charge is 2.22. The molecule has 0 radical (unpaired) electrons. The van der Waals surface area contributed by atoms with Gasteiger partial charge >= 0.3 is 5.97 Å². The van der Waals surface area contributed by atoms with Crippen LogP contribution in [0.1, 0.15) is 13.8 Å². The lowest BCUT2D eigenvalue weighted by atomic mass is 9.94. The summed E-state index contributed by atoms with van der Waals surface area (Å²) in [6, 6.07) is 0. The molecule has 0 rings (SSSR count). The number of ether oxygens (including phenoxy) is 1. The first-order valence-electron chi connectivity index (χ1n) is 5.68. The number of rotatable bonds is 9. The SMILES string of the molecule is C=CCN(CC=C)CC(C)(C)COC(=O)C=C. The van der Waals surface area contributed by atoms with Gasteiger partial charge in [0.05, 0.1) is 6.61 Å². The first-order chi connectivity index (χ1) is 7.95. The van der Waals surface area contributed by atoms with E-state index in [1.807, 2.05) is 12.2 Å². The van der Waals surface area contributed by atoms with Gasteiger partial charge in [0.15, 0.2) is 0 Å². The molecule has 0 aromatic rings. The topological polar surface area (TPSA) is 29.5 Å². The molecule has 0 fully saturated rings. The molecule has 17 heavy (non-hydrogen) atoms. The minimum absolute atomic E-state index is 0.106. The highest BCUT2D eigenvalue weighted by molar-refractivity contribution is 5.81. The molecule has 0 aromatic heterocycles. The summed E-state index contributed by atoms with van der Waals surface area (Å²) in [5.74, 6) is -0.378. The summed E-state index contributed by atoms with van der Waals surface area (Å²) in [6.45, 7) is 17.7. The van der Waals surface area contributed by atoms with Gasteiger partial charge < -0.3 is 4.74 Å². The Morgan fingerprint density at radius 1 is 1.24 bits per heavy atom. The molecule has 0 spiro atoms. The van der Waals surface area contributed by atoms with Gasteiger partial charge in [0.1, 0.15) is 0 Å². The Morgan fingerprint density at radius 3 is 2.18 bits per heavy atom. The molecule has 0 saturated heterocycles. The molecule has 96 valence electrons. The highest BCUT2D eigenvalue weighted by Crippen LogP contribution is 2.17. The average Bonchev–Trinajstić information content (AvgIpc) is 2.26. The second-order valence-corrected chi connectivity index (χ2v) is 4.75. The van der Waals surface area contributed by atoms with E-state index in [9.17, 15) is 4.79 Å². The second-order valence-electron chi connectivity index (χ2n) is 4.75. The molecule has 0 atom stereocenters. The quantitative estimate of drug-likeness (QED) is 0.350. The van der Waals surface area contributed by atoms with Crippen LogP contribution < -0.4 is 0 Å². The molecule has 0 saturated carbocycles. The summed E-state index contributed by atoms with van der Waals surface area (Å²) < 4.78 is 5.08. The molecule has 3 nitrogen and oxygen atoms in total. The van der Waals surface area contributed by atoms with Gasteiger partial charge in [-0.2, -0.15) is 0 Å². The van der Waals surface area contributed by atoms with Crippen molar-refractivity contribution < 1.29 is 9.53 Å². The molecule has 0 aliphatic rings. The largest absolute Gasteiger partial charge is 0.462 e. The number of nitrogens with zero attached hydrogens (tertiary/aromatic N) is 1. The maximum atomic E-state index is 11.0. The maximum Gasteiger partial charge on any atom is 0.330 e. The Bertz CT molecular complexity index is 272. The van der Waals surface area contributed by atoms with Gasteiger partial charge in [0.25, 0.3) is 0 Å². The second kappa shape index (κ2) is 7.85. The van der Waals surface area contributed by atoms with E-state index in [1.165, 1.54) is 6.08 Å². The van der Waals surface area contributed by atoms with Gasteiger partial charge in [-0.15, -0.1) is 13.2 Å². The van der Waals surface area contributed by atoms with Gasteiger partial charge in [0.2, 0.25) is 0 Å². The molecule has 3 heteroatoms. The lowest BCUT2D eigenvalue weighted by Crippen LogP contribution is -2.37. The maximum absolute atomic E-state index is 11.0. The first kappa shape index (κ1) is 15.7. The molecule has 0 aliphatic heterocycles. The summed E-state index contributed by atoms with van der Waals surface area (Å²) in [7, 11) is 0. The lowest BCUT2D eigenvalue weighted by Gasteiger charge is -2.30. The van der Waals surface area contributed by atoms with E-state index < -0.39 is 0 Å². The third-order valence-electron chi connectivity index (χ3n) is 2.20. The zero-order chi connectivity index (χ0) is 13.3. The van der Waals surface area contributed by atoms with Crippen LogP contribution in [0.4, 0.5) is 0 Å². The summed E-state index contributed by atoms with van der Waals surface area (Å²) in [4.78, 5) is 13.2. The molecule has 0 unspecified atom stereocenters. The fraction of sp³-hybridized carbons (Fsp3) is 0.500. The van der Waals surface area contributed by atoms with Crippen molar-refractivity contribution in [3.63, 3.8) is 0 Å². The minimum Gasteiger partial charge on any atom is -0.462 e. The number of carbonyl (C=O) groups is 1. The highest BCUT2D eigenvalue weighted by atomic mass is 16.5. The zero-order valence-electron chi connectivity index (χ0n) is 10.9. The van der Waals surface area contributed by atoms with Crippen molar-refractivity contribution in [1.82, 2.24) is 4.90 Å². The summed E-state index contributed by atoms with van der Waals surface area (Å²) >= 11 is 0. The van der Waals surface area contributed by atoms with Gasteiger partial charge in [-0.3, -0.25) is 4.90 Å². The van der Waals surface area contributed by atoms with Crippen LogP contribution in [0.25, 0.3) is 0 Å². The van der Waals surface area contributed by atoms with Crippen molar-refractivity contribution >= 4 is 5.97 Å². The van der Waals surface area contributed by atoms with Crippen LogP contribution in [0.3, 0.4) is 0 Å². The predicted octanol–water partition coefficient (Wildman–Crippen LogP) is 2.42. The van der Waals surface area contributed by atoms with Crippen LogP contribution in [-0.4, -0.2) is 37.1 Å². The Balaban J connectivity index is 4.26. The Hall–Kier alpha value is -1.35. The summed E-state index contributed by atoms with van der Waals surface area (Å²) in [6.07, 6.45) is 4.89. The van der Waals surface area contributed by atoms with Crippen molar-refractivity contribution in [3.05, 3.63) is 38.0 Å². The van der Waals surface area contributed by atoms with Gasteiger partial charge in [-0.05, 0) is 0 Å². The lowest BCUT2D eigenvalue weighted by molar-refractivity contribution is -0.141. The van der Waals surface area contributed by atoms with Crippen LogP contribution in [0.5, 0.6) is 0 Å². The molecule has 0 aromatic carbocycles. The first-order valence-corrected chi connectivity index (χ1v) is 5.68. The number of carbonyl (C=O) groups excluding carboxylic acids is 1. The van der Waals surface area contributed by atoms with Crippen molar-refractivity contribution in [3.8, 4) is 0 Å². The molecular weight excluding hydrogens is 214 g/mol. The Morgan fingerprint density at radius 2 is 1.76 bits per heavy atom. The fourth-order valence-electron chi connectivity index (χ4n) is 1.55. The van der Waals surface area contributed by atoms with E-state index in [0.29, 0.717) is 6.61 Å². The minimum atomic E-state index is -0.378. The van der Waals surface area contributed by atoms with Crippen molar-refractivity contribution in [2.45, 2.75) is 13.8 Å². The molecule has 0 amide bonds.